The van der Waals surface area contributed by atoms with Crippen molar-refractivity contribution in [3.63, 3.8) is 0 Å². The van der Waals surface area contributed by atoms with Gasteiger partial charge in [-0.25, -0.2) is 4.98 Å². The largest absolute Gasteiger partial charge is 0.456 e. The average Bonchev–Trinajstić information content (AvgIpc) is 2.95. The lowest BCUT2D eigenvalue weighted by molar-refractivity contribution is 0.492. The van der Waals surface area contributed by atoms with Crippen molar-refractivity contribution in [2.45, 2.75) is 33.4 Å². The van der Waals surface area contributed by atoms with Crippen molar-refractivity contribution >= 4 is 0 Å². The molecule has 2 rings (SSSR count). The number of nitrogens with zero attached hydrogens (tertiary/aromatic N) is 2. The molecule has 0 aromatic carbocycles. The molecular formula is C13H19N3O. The van der Waals surface area contributed by atoms with E-state index < -0.39 is 0 Å². The topological polar surface area (TPSA) is 43.0 Å². The molecule has 2 aromatic rings. The van der Waals surface area contributed by atoms with Crippen LogP contribution in [0.15, 0.2) is 28.9 Å². The second kappa shape index (κ2) is 5.68. The zero-order chi connectivity index (χ0) is 12.1. The molecule has 0 saturated heterocycles. The summed E-state index contributed by atoms with van der Waals surface area (Å²) in [4.78, 5) is 4.35. The van der Waals surface area contributed by atoms with Crippen LogP contribution in [0.2, 0.25) is 0 Å². The van der Waals surface area contributed by atoms with Crippen LogP contribution in [0.3, 0.4) is 0 Å². The Kier molecular flexibility index (Phi) is 3.98. The molecule has 2 aromatic heterocycles. The molecular weight excluding hydrogens is 214 g/mol. The third-order valence-corrected chi connectivity index (χ3v) is 2.61. The number of rotatable bonds is 6. The van der Waals surface area contributed by atoms with Gasteiger partial charge in [0.05, 0.1) is 6.54 Å². The number of nitrogens with one attached hydrogen (secondary N) is 1. The molecule has 0 bridgehead atoms. The highest BCUT2D eigenvalue weighted by atomic mass is 16.3. The Balaban J connectivity index is 2.15. The highest BCUT2D eigenvalue weighted by molar-refractivity contribution is 5.47. The van der Waals surface area contributed by atoms with Gasteiger partial charge in [0.25, 0.3) is 0 Å². The van der Waals surface area contributed by atoms with Gasteiger partial charge in [0.15, 0.2) is 11.6 Å². The second-order valence-corrected chi connectivity index (χ2v) is 3.99. The number of imidazole rings is 1. The lowest BCUT2D eigenvalue weighted by Gasteiger charge is -2.03. The SMILES string of the molecule is CCCn1ccnc1-c1ccc(CNCC)o1. The Morgan fingerprint density at radius 1 is 1.35 bits per heavy atom. The number of hydrogen-bond donors (Lipinski definition) is 1. The number of hydrogen-bond acceptors (Lipinski definition) is 3. The Bertz CT molecular complexity index is 459. The molecule has 92 valence electrons. The van der Waals surface area contributed by atoms with Crippen LogP contribution >= 0.6 is 0 Å². The predicted octanol–water partition coefficient (Wildman–Crippen LogP) is 2.66. The summed E-state index contributed by atoms with van der Waals surface area (Å²) in [7, 11) is 0. The van der Waals surface area contributed by atoms with E-state index in [-0.39, 0.29) is 0 Å². The molecule has 0 aliphatic carbocycles. The summed E-state index contributed by atoms with van der Waals surface area (Å²) in [5.41, 5.74) is 0. The van der Waals surface area contributed by atoms with Crippen molar-refractivity contribution in [1.29, 1.82) is 0 Å². The van der Waals surface area contributed by atoms with Crippen molar-refractivity contribution < 1.29 is 4.42 Å². The van der Waals surface area contributed by atoms with Gasteiger partial charge in [-0.1, -0.05) is 13.8 Å². The van der Waals surface area contributed by atoms with Gasteiger partial charge in [-0.2, -0.15) is 0 Å². The van der Waals surface area contributed by atoms with Gasteiger partial charge in [-0.3, -0.25) is 0 Å². The van der Waals surface area contributed by atoms with Gasteiger partial charge in [-0.05, 0) is 25.1 Å². The number of aromatic nitrogens is 2. The van der Waals surface area contributed by atoms with Gasteiger partial charge in [0.1, 0.15) is 5.76 Å². The zero-order valence-electron chi connectivity index (χ0n) is 10.4. The minimum Gasteiger partial charge on any atom is -0.456 e. The monoisotopic (exact) mass is 233 g/mol. The van der Waals surface area contributed by atoms with Crippen LogP contribution in [0, 0.1) is 0 Å². The van der Waals surface area contributed by atoms with Crippen molar-refractivity contribution in [2.24, 2.45) is 0 Å². The molecule has 0 unspecified atom stereocenters. The Morgan fingerprint density at radius 2 is 2.24 bits per heavy atom. The lowest BCUT2D eigenvalue weighted by atomic mass is 10.4. The molecule has 4 nitrogen and oxygen atoms in total. The normalized spacial score (nSPS) is 10.9. The Labute approximate surface area is 102 Å². The molecule has 2 heterocycles. The molecule has 0 aliphatic heterocycles. The molecule has 0 aliphatic rings. The van der Waals surface area contributed by atoms with Gasteiger partial charge in [0.2, 0.25) is 0 Å². The molecule has 0 radical (unpaired) electrons. The van der Waals surface area contributed by atoms with Crippen molar-refractivity contribution in [2.75, 3.05) is 6.54 Å². The maximum atomic E-state index is 5.77. The third kappa shape index (κ3) is 2.77. The first-order chi connectivity index (χ1) is 8.35. The highest BCUT2D eigenvalue weighted by Crippen LogP contribution is 2.20. The van der Waals surface area contributed by atoms with E-state index in [1.165, 1.54) is 0 Å². The molecule has 1 N–H and O–H groups in total. The fraction of sp³-hybridized carbons (Fsp3) is 0.462. The molecule has 0 atom stereocenters. The Morgan fingerprint density at radius 3 is 3.00 bits per heavy atom. The van der Waals surface area contributed by atoms with E-state index in [2.05, 4.69) is 28.7 Å². The minimum absolute atomic E-state index is 0.769. The quantitative estimate of drug-likeness (QED) is 0.834. The van der Waals surface area contributed by atoms with Crippen molar-refractivity contribution in [1.82, 2.24) is 14.9 Å². The summed E-state index contributed by atoms with van der Waals surface area (Å²) in [5.74, 6) is 2.71. The number of aryl methyl sites for hydroxylation is 1. The minimum atomic E-state index is 0.769. The van der Waals surface area contributed by atoms with E-state index in [0.29, 0.717) is 0 Å². The zero-order valence-corrected chi connectivity index (χ0v) is 10.4. The standard InChI is InChI=1S/C13H19N3O/c1-3-8-16-9-7-15-13(16)12-6-5-11(17-12)10-14-4-2/h5-7,9,14H,3-4,8,10H2,1-2H3. The van der Waals surface area contributed by atoms with E-state index in [0.717, 1.165) is 43.4 Å². The molecule has 0 fully saturated rings. The van der Waals surface area contributed by atoms with Crippen LogP contribution in [0.5, 0.6) is 0 Å². The molecule has 4 heteroatoms. The van der Waals surface area contributed by atoms with E-state index in [1.807, 2.05) is 24.5 Å². The average molecular weight is 233 g/mol. The lowest BCUT2D eigenvalue weighted by Crippen LogP contribution is -2.10. The molecule has 0 saturated carbocycles. The van der Waals surface area contributed by atoms with Gasteiger partial charge in [-0.15, -0.1) is 0 Å². The predicted molar refractivity (Wildman–Crippen MR) is 67.6 cm³/mol. The van der Waals surface area contributed by atoms with E-state index in [1.54, 1.807) is 0 Å². The fourth-order valence-corrected chi connectivity index (χ4v) is 1.80. The third-order valence-electron chi connectivity index (χ3n) is 2.61. The summed E-state index contributed by atoms with van der Waals surface area (Å²) in [5, 5.41) is 3.24. The van der Waals surface area contributed by atoms with Crippen LogP contribution in [0.25, 0.3) is 11.6 Å². The smallest absolute Gasteiger partial charge is 0.176 e. The summed E-state index contributed by atoms with van der Waals surface area (Å²) < 4.78 is 7.89. The summed E-state index contributed by atoms with van der Waals surface area (Å²) >= 11 is 0. The second-order valence-electron chi connectivity index (χ2n) is 3.99. The van der Waals surface area contributed by atoms with Crippen LogP contribution < -0.4 is 5.32 Å². The first-order valence-electron chi connectivity index (χ1n) is 6.16. The Hall–Kier alpha value is -1.55. The van der Waals surface area contributed by atoms with E-state index in [9.17, 15) is 0 Å². The molecule has 17 heavy (non-hydrogen) atoms. The van der Waals surface area contributed by atoms with E-state index >= 15 is 0 Å². The van der Waals surface area contributed by atoms with E-state index in [4.69, 9.17) is 4.42 Å². The molecule has 0 spiro atoms. The summed E-state index contributed by atoms with van der Waals surface area (Å²) in [6.45, 7) is 6.92. The fourth-order valence-electron chi connectivity index (χ4n) is 1.80. The molecule has 0 amide bonds. The van der Waals surface area contributed by atoms with Crippen LogP contribution in [-0.4, -0.2) is 16.1 Å². The highest BCUT2D eigenvalue weighted by Gasteiger charge is 2.09. The van der Waals surface area contributed by atoms with Gasteiger partial charge >= 0.3 is 0 Å². The van der Waals surface area contributed by atoms with Gasteiger partial charge in [0, 0.05) is 18.9 Å². The maximum Gasteiger partial charge on any atom is 0.176 e. The van der Waals surface area contributed by atoms with Crippen LogP contribution in [-0.2, 0) is 13.1 Å². The van der Waals surface area contributed by atoms with Crippen molar-refractivity contribution in [3.05, 3.63) is 30.3 Å². The van der Waals surface area contributed by atoms with Crippen molar-refractivity contribution in [3.8, 4) is 11.6 Å². The number of furan rings is 1. The summed E-state index contributed by atoms with van der Waals surface area (Å²) in [6.07, 6.45) is 4.90. The van der Waals surface area contributed by atoms with Crippen LogP contribution in [0.1, 0.15) is 26.0 Å². The first-order valence-corrected chi connectivity index (χ1v) is 6.16. The first kappa shape index (κ1) is 11.9. The summed E-state index contributed by atoms with van der Waals surface area (Å²) in [6, 6.07) is 3.99. The van der Waals surface area contributed by atoms with Gasteiger partial charge < -0.3 is 14.3 Å². The maximum absolute atomic E-state index is 5.77. The van der Waals surface area contributed by atoms with Crippen LogP contribution in [0.4, 0.5) is 0 Å².